The molecule has 0 aliphatic carbocycles. The molecular weight excluding hydrogens is 389 g/mol. The fraction of sp³-hybridized carbons (Fsp3) is 0.143. The summed E-state index contributed by atoms with van der Waals surface area (Å²) in [6, 6.07) is 10.6. The first-order chi connectivity index (χ1) is 14.5. The molecule has 1 aromatic carbocycles. The molecule has 3 heterocycles. The summed E-state index contributed by atoms with van der Waals surface area (Å²) in [7, 11) is 0. The van der Waals surface area contributed by atoms with Crippen molar-refractivity contribution in [3.05, 3.63) is 77.4 Å². The summed E-state index contributed by atoms with van der Waals surface area (Å²) in [5.41, 5.74) is 0.857. The molecule has 0 spiro atoms. The molecule has 0 saturated heterocycles. The van der Waals surface area contributed by atoms with E-state index in [2.05, 4.69) is 15.5 Å². The Balaban J connectivity index is 1.56. The Morgan fingerprint density at radius 1 is 1.27 bits per heavy atom. The van der Waals surface area contributed by atoms with Crippen molar-refractivity contribution in [2.24, 2.45) is 0 Å². The minimum atomic E-state index is -0.630. The highest BCUT2D eigenvalue weighted by Gasteiger charge is 2.27. The quantitative estimate of drug-likeness (QED) is 0.539. The van der Waals surface area contributed by atoms with Crippen LogP contribution in [0.2, 0.25) is 0 Å². The second-order valence-electron chi connectivity index (χ2n) is 6.57. The number of hydrogen-bond donors (Lipinski definition) is 1. The van der Waals surface area contributed by atoms with Gasteiger partial charge in [-0.1, -0.05) is 5.16 Å². The molecule has 0 bridgehead atoms. The van der Waals surface area contributed by atoms with Gasteiger partial charge in [-0.25, -0.2) is 4.39 Å². The molecule has 0 radical (unpaired) electrons. The van der Waals surface area contributed by atoms with Gasteiger partial charge in [0.05, 0.1) is 0 Å². The zero-order chi connectivity index (χ0) is 21.3. The van der Waals surface area contributed by atoms with Crippen LogP contribution in [0.5, 0.6) is 0 Å². The van der Waals surface area contributed by atoms with E-state index in [-0.39, 0.29) is 34.5 Å². The Hall–Kier alpha value is -4.19. The van der Waals surface area contributed by atoms with E-state index in [1.54, 1.807) is 42.9 Å². The van der Waals surface area contributed by atoms with Crippen LogP contribution in [-0.4, -0.2) is 20.6 Å². The summed E-state index contributed by atoms with van der Waals surface area (Å²) in [6.07, 6.45) is 3.44. The molecule has 0 aliphatic heterocycles. The van der Waals surface area contributed by atoms with Crippen molar-refractivity contribution in [1.29, 1.82) is 5.26 Å². The van der Waals surface area contributed by atoms with E-state index in [4.69, 9.17) is 8.94 Å². The van der Waals surface area contributed by atoms with Crippen LogP contribution in [0.3, 0.4) is 0 Å². The number of halogens is 1. The largest absolute Gasteiger partial charge is 0.443 e. The van der Waals surface area contributed by atoms with Crippen LogP contribution in [0.1, 0.15) is 40.5 Å². The lowest BCUT2D eigenvalue weighted by Gasteiger charge is -2.09. The monoisotopic (exact) mass is 405 g/mol. The number of hydrogen-bond acceptors (Lipinski definition) is 6. The van der Waals surface area contributed by atoms with Gasteiger partial charge in [-0.15, -0.1) is 0 Å². The lowest BCUT2D eigenvalue weighted by Crippen LogP contribution is -2.27. The highest BCUT2D eigenvalue weighted by Crippen LogP contribution is 2.26. The first kappa shape index (κ1) is 19.1. The number of aromatic nitrogens is 3. The molecule has 8 nitrogen and oxygen atoms in total. The summed E-state index contributed by atoms with van der Waals surface area (Å²) in [6.45, 7) is 3.29. The Kier molecular flexibility index (Phi) is 4.90. The van der Waals surface area contributed by atoms with Gasteiger partial charge in [0.2, 0.25) is 17.6 Å². The highest BCUT2D eigenvalue weighted by atomic mass is 19.1. The predicted octanol–water partition coefficient (Wildman–Crippen LogP) is 3.93. The van der Waals surface area contributed by atoms with Crippen LogP contribution in [0.4, 0.5) is 4.39 Å². The maximum absolute atomic E-state index is 13.1. The fourth-order valence-corrected chi connectivity index (χ4v) is 3.02. The highest BCUT2D eigenvalue weighted by molar-refractivity contribution is 5.98. The van der Waals surface area contributed by atoms with Gasteiger partial charge in [-0.2, -0.15) is 10.2 Å². The Morgan fingerprint density at radius 2 is 1.97 bits per heavy atom. The number of rotatable bonds is 5. The Morgan fingerprint density at radius 3 is 2.63 bits per heavy atom. The summed E-state index contributed by atoms with van der Waals surface area (Å²) < 4.78 is 25.6. The molecule has 0 aliphatic rings. The van der Waals surface area contributed by atoms with Gasteiger partial charge in [0.15, 0.2) is 0 Å². The van der Waals surface area contributed by atoms with Gasteiger partial charge < -0.3 is 14.3 Å². The van der Waals surface area contributed by atoms with E-state index in [1.807, 2.05) is 6.07 Å². The number of nitrogens with one attached hydrogen (secondary N) is 1. The van der Waals surface area contributed by atoms with Crippen LogP contribution < -0.4 is 5.32 Å². The number of aryl methyl sites for hydroxylation is 1. The predicted molar refractivity (Wildman–Crippen MR) is 103 cm³/mol. The minimum Gasteiger partial charge on any atom is -0.443 e. The summed E-state index contributed by atoms with van der Waals surface area (Å²) in [4.78, 5) is 17.1. The molecule has 150 valence electrons. The Bertz CT molecular complexity index is 1230. The average Bonchev–Trinajstić information content (AvgIpc) is 3.47. The lowest BCUT2D eigenvalue weighted by atomic mass is 10.1. The fourth-order valence-electron chi connectivity index (χ4n) is 3.02. The molecule has 0 saturated carbocycles. The Labute approximate surface area is 170 Å². The van der Waals surface area contributed by atoms with Crippen molar-refractivity contribution < 1.29 is 18.1 Å². The topological polar surface area (TPSA) is 110 Å². The normalized spacial score (nSPS) is 11.8. The van der Waals surface area contributed by atoms with Crippen LogP contribution in [0, 0.1) is 24.1 Å². The number of amides is 1. The SMILES string of the molecule is Cc1oc(-n2cccc2)c(C#N)c1C(=O)N[C@@H](C)c1nc(-c2ccc(F)cc2)no1. The van der Waals surface area contributed by atoms with Crippen molar-refractivity contribution >= 4 is 5.91 Å². The molecule has 9 heteroatoms. The molecule has 1 N–H and O–H groups in total. The molecule has 1 atom stereocenters. The van der Waals surface area contributed by atoms with Crippen LogP contribution in [-0.2, 0) is 0 Å². The smallest absolute Gasteiger partial charge is 0.256 e. The molecule has 3 aromatic heterocycles. The molecule has 4 aromatic rings. The number of nitrogens with zero attached hydrogens (tertiary/aromatic N) is 4. The number of carbonyl (C=O) groups excluding carboxylic acids is 1. The van der Waals surface area contributed by atoms with Crippen LogP contribution in [0.25, 0.3) is 17.3 Å². The van der Waals surface area contributed by atoms with Crippen molar-refractivity contribution in [3.8, 4) is 23.3 Å². The molecular formula is C21H16FN5O3. The van der Waals surface area contributed by atoms with Crippen molar-refractivity contribution in [2.45, 2.75) is 19.9 Å². The van der Waals surface area contributed by atoms with Crippen molar-refractivity contribution in [1.82, 2.24) is 20.0 Å². The second kappa shape index (κ2) is 7.67. The summed E-state index contributed by atoms with van der Waals surface area (Å²) in [5, 5.41) is 16.2. The third-order valence-corrected chi connectivity index (χ3v) is 4.51. The zero-order valence-corrected chi connectivity index (χ0v) is 16.1. The van der Waals surface area contributed by atoms with E-state index < -0.39 is 11.9 Å². The van der Waals surface area contributed by atoms with Gasteiger partial charge in [0.1, 0.15) is 34.8 Å². The van der Waals surface area contributed by atoms with E-state index in [9.17, 15) is 14.4 Å². The van der Waals surface area contributed by atoms with E-state index >= 15 is 0 Å². The standard InChI is InChI=1S/C21H16FN5O3/c1-12(20-25-18(26-30-20)14-5-7-15(22)8-6-14)24-19(28)17-13(2)29-21(16(17)11-23)27-9-3-4-10-27/h3-10,12H,1-2H3,(H,24,28)/t12-/m0/s1. The number of carbonyl (C=O) groups is 1. The number of nitriles is 1. The zero-order valence-electron chi connectivity index (χ0n) is 16.1. The van der Waals surface area contributed by atoms with Gasteiger partial charge in [0.25, 0.3) is 5.91 Å². The van der Waals surface area contributed by atoms with Crippen molar-refractivity contribution in [3.63, 3.8) is 0 Å². The van der Waals surface area contributed by atoms with Crippen LogP contribution in [0.15, 0.2) is 57.7 Å². The number of benzene rings is 1. The molecule has 1 amide bonds. The average molecular weight is 405 g/mol. The summed E-state index contributed by atoms with van der Waals surface area (Å²) in [5.74, 6) is 0.171. The van der Waals surface area contributed by atoms with Gasteiger partial charge >= 0.3 is 0 Å². The molecule has 0 fully saturated rings. The van der Waals surface area contributed by atoms with Crippen LogP contribution >= 0.6 is 0 Å². The molecule has 4 rings (SSSR count). The van der Waals surface area contributed by atoms with Gasteiger partial charge in [-0.3, -0.25) is 9.36 Å². The van der Waals surface area contributed by atoms with Gasteiger partial charge in [-0.05, 0) is 50.2 Å². The molecule has 30 heavy (non-hydrogen) atoms. The third-order valence-electron chi connectivity index (χ3n) is 4.51. The maximum Gasteiger partial charge on any atom is 0.256 e. The lowest BCUT2D eigenvalue weighted by molar-refractivity contribution is 0.0930. The first-order valence-corrected chi connectivity index (χ1v) is 9.05. The van der Waals surface area contributed by atoms with E-state index in [1.165, 1.54) is 24.3 Å². The maximum atomic E-state index is 13.1. The van der Waals surface area contributed by atoms with E-state index in [0.29, 0.717) is 11.3 Å². The van der Waals surface area contributed by atoms with Crippen molar-refractivity contribution in [2.75, 3.05) is 0 Å². The minimum absolute atomic E-state index is 0.130. The first-order valence-electron chi connectivity index (χ1n) is 9.05. The molecule has 0 unspecified atom stereocenters. The number of furan rings is 1. The second-order valence-corrected chi connectivity index (χ2v) is 6.57. The van der Waals surface area contributed by atoms with E-state index in [0.717, 1.165) is 0 Å². The van der Waals surface area contributed by atoms with Gasteiger partial charge in [0, 0.05) is 18.0 Å². The third kappa shape index (κ3) is 3.46. The summed E-state index contributed by atoms with van der Waals surface area (Å²) >= 11 is 0.